The molecule has 0 heterocycles. The van der Waals surface area contributed by atoms with Crippen LogP contribution in [-0.2, 0) is 9.53 Å². The molecule has 0 unspecified atom stereocenters. The molecule has 0 spiro atoms. The Morgan fingerprint density at radius 2 is 2.06 bits per heavy atom. The van der Waals surface area contributed by atoms with Crippen LogP contribution in [0.5, 0.6) is 0 Å². The molecule has 84 valence electrons. The lowest BCUT2D eigenvalue weighted by molar-refractivity contribution is -0.138. The Hall–Kier alpha value is -1.28. The topological polar surface area (TPSA) is 26.3 Å². The van der Waals surface area contributed by atoms with Gasteiger partial charge in [-0.1, -0.05) is 23.7 Å². The zero-order valence-corrected chi connectivity index (χ0v) is 9.61. The first-order chi connectivity index (χ1) is 7.74. The van der Waals surface area contributed by atoms with E-state index >= 15 is 0 Å². The van der Waals surface area contributed by atoms with Crippen molar-refractivity contribution in [1.29, 1.82) is 0 Å². The van der Waals surface area contributed by atoms with Crippen molar-refractivity contribution in [2.24, 2.45) is 5.92 Å². The van der Waals surface area contributed by atoms with Crippen LogP contribution in [0.4, 0.5) is 0 Å². The number of carbonyl (C=O) groups excluding carboxylic acids is 1. The summed E-state index contributed by atoms with van der Waals surface area (Å²) in [6, 6.07) is 7.29. The van der Waals surface area contributed by atoms with Gasteiger partial charge in [-0.05, 0) is 42.5 Å². The summed E-state index contributed by atoms with van der Waals surface area (Å²) in [4.78, 5) is 11.3. The fourth-order valence-electron chi connectivity index (χ4n) is 1.27. The van der Waals surface area contributed by atoms with Crippen LogP contribution in [0, 0.1) is 5.92 Å². The fourth-order valence-corrected chi connectivity index (χ4v) is 1.40. The first-order valence-corrected chi connectivity index (χ1v) is 5.72. The Bertz CT molecular complexity index is 391. The van der Waals surface area contributed by atoms with Crippen molar-refractivity contribution in [2.45, 2.75) is 12.8 Å². The first-order valence-electron chi connectivity index (χ1n) is 5.34. The molecule has 0 atom stereocenters. The monoisotopic (exact) mass is 236 g/mol. The normalized spacial score (nSPS) is 15.3. The van der Waals surface area contributed by atoms with Gasteiger partial charge in [0, 0.05) is 11.1 Å². The van der Waals surface area contributed by atoms with Crippen LogP contribution in [0.15, 0.2) is 30.3 Å². The third kappa shape index (κ3) is 3.70. The van der Waals surface area contributed by atoms with E-state index < -0.39 is 0 Å². The van der Waals surface area contributed by atoms with Crippen molar-refractivity contribution in [3.05, 3.63) is 40.9 Å². The highest BCUT2D eigenvalue weighted by Gasteiger charge is 2.22. The Labute approximate surface area is 99.9 Å². The van der Waals surface area contributed by atoms with Gasteiger partial charge in [-0.25, -0.2) is 4.79 Å². The second-order valence-corrected chi connectivity index (χ2v) is 4.39. The summed E-state index contributed by atoms with van der Waals surface area (Å²) in [5.41, 5.74) is 0.938. The SMILES string of the molecule is O=C(/C=C/c1ccc(Cl)cc1)OCC1CC1. The van der Waals surface area contributed by atoms with Gasteiger partial charge in [0.15, 0.2) is 0 Å². The molecule has 0 saturated heterocycles. The highest BCUT2D eigenvalue weighted by molar-refractivity contribution is 6.30. The van der Waals surface area contributed by atoms with Crippen molar-refractivity contribution in [2.75, 3.05) is 6.61 Å². The van der Waals surface area contributed by atoms with Gasteiger partial charge in [0.1, 0.15) is 0 Å². The van der Waals surface area contributed by atoms with Crippen molar-refractivity contribution in [3.63, 3.8) is 0 Å². The quantitative estimate of drug-likeness (QED) is 0.592. The number of halogens is 1. The van der Waals surface area contributed by atoms with Gasteiger partial charge >= 0.3 is 5.97 Å². The number of hydrogen-bond donors (Lipinski definition) is 0. The van der Waals surface area contributed by atoms with Gasteiger partial charge in [-0.15, -0.1) is 0 Å². The molecule has 16 heavy (non-hydrogen) atoms. The Morgan fingerprint density at radius 3 is 2.69 bits per heavy atom. The molecule has 1 aromatic carbocycles. The Balaban J connectivity index is 1.82. The van der Waals surface area contributed by atoms with Gasteiger partial charge in [-0.2, -0.15) is 0 Å². The van der Waals surface area contributed by atoms with Gasteiger partial charge in [-0.3, -0.25) is 0 Å². The fraction of sp³-hybridized carbons (Fsp3) is 0.308. The van der Waals surface area contributed by atoms with E-state index in [1.807, 2.05) is 12.1 Å². The highest BCUT2D eigenvalue weighted by Crippen LogP contribution is 2.28. The third-order valence-electron chi connectivity index (χ3n) is 2.44. The molecule has 0 bridgehead atoms. The number of esters is 1. The molecule has 3 heteroatoms. The summed E-state index contributed by atoms with van der Waals surface area (Å²) in [6.45, 7) is 0.559. The molecule has 2 nitrogen and oxygen atoms in total. The van der Waals surface area contributed by atoms with Gasteiger partial charge in [0.05, 0.1) is 6.61 Å². The van der Waals surface area contributed by atoms with Crippen LogP contribution in [0.2, 0.25) is 5.02 Å². The lowest BCUT2D eigenvalue weighted by atomic mass is 10.2. The van der Waals surface area contributed by atoms with Crippen LogP contribution < -0.4 is 0 Å². The second-order valence-electron chi connectivity index (χ2n) is 3.96. The maximum atomic E-state index is 11.3. The number of carbonyl (C=O) groups is 1. The molecule has 0 aliphatic heterocycles. The molecular formula is C13H13ClO2. The van der Waals surface area contributed by atoms with E-state index in [9.17, 15) is 4.79 Å². The van der Waals surface area contributed by atoms with Gasteiger partial charge < -0.3 is 4.74 Å². The molecule has 0 aromatic heterocycles. The lowest BCUT2D eigenvalue weighted by Gasteiger charge is -1.98. The van der Waals surface area contributed by atoms with Gasteiger partial charge in [0.2, 0.25) is 0 Å². The Morgan fingerprint density at radius 1 is 1.38 bits per heavy atom. The van der Waals surface area contributed by atoms with E-state index in [0.29, 0.717) is 17.5 Å². The second kappa shape index (κ2) is 5.17. The standard InChI is InChI=1S/C13H13ClO2/c14-12-6-3-10(4-7-12)5-8-13(15)16-9-11-1-2-11/h3-8,11H,1-2,9H2/b8-5+. The first kappa shape index (κ1) is 11.2. The minimum atomic E-state index is -0.276. The van der Waals surface area contributed by atoms with Crippen molar-refractivity contribution < 1.29 is 9.53 Å². The van der Waals surface area contributed by atoms with Crippen LogP contribution in [0.25, 0.3) is 6.08 Å². The largest absolute Gasteiger partial charge is 0.462 e. The van der Waals surface area contributed by atoms with Crippen molar-refractivity contribution in [1.82, 2.24) is 0 Å². The van der Waals surface area contributed by atoms with E-state index in [0.717, 1.165) is 5.56 Å². The van der Waals surface area contributed by atoms with E-state index in [2.05, 4.69) is 0 Å². The summed E-state index contributed by atoms with van der Waals surface area (Å²) >= 11 is 5.75. The van der Waals surface area contributed by atoms with Crippen LogP contribution >= 0.6 is 11.6 Å². The average Bonchev–Trinajstić information content (AvgIpc) is 3.09. The molecule has 1 aliphatic rings. The van der Waals surface area contributed by atoms with Crippen LogP contribution in [0.3, 0.4) is 0 Å². The Kier molecular flexibility index (Phi) is 3.62. The molecule has 0 radical (unpaired) electrons. The number of hydrogen-bond acceptors (Lipinski definition) is 2. The van der Waals surface area contributed by atoms with E-state index in [1.165, 1.54) is 18.9 Å². The zero-order chi connectivity index (χ0) is 11.4. The number of rotatable bonds is 4. The van der Waals surface area contributed by atoms with Crippen molar-refractivity contribution in [3.8, 4) is 0 Å². The maximum Gasteiger partial charge on any atom is 0.330 e. The zero-order valence-electron chi connectivity index (χ0n) is 8.86. The van der Waals surface area contributed by atoms with Crippen LogP contribution in [0.1, 0.15) is 18.4 Å². The summed E-state index contributed by atoms with van der Waals surface area (Å²) in [5, 5.41) is 0.688. The number of benzene rings is 1. The summed E-state index contributed by atoms with van der Waals surface area (Å²) < 4.78 is 5.06. The maximum absolute atomic E-state index is 11.3. The summed E-state index contributed by atoms with van der Waals surface area (Å²) in [5.74, 6) is 0.328. The lowest BCUT2D eigenvalue weighted by Crippen LogP contribution is -2.03. The third-order valence-corrected chi connectivity index (χ3v) is 2.69. The average molecular weight is 237 g/mol. The summed E-state index contributed by atoms with van der Waals surface area (Å²) in [7, 11) is 0. The molecule has 1 fully saturated rings. The molecule has 1 aliphatic carbocycles. The minimum absolute atomic E-state index is 0.276. The highest BCUT2D eigenvalue weighted by atomic mass is 35.5. The van der Waals surface area contributed by atoms with Crippen LogP contribution in [-0.4, -0.2) is 12.6 Å². The smallest absolute Gasteiger partial charge is 0.330 e. The molecule has 1 aromatic rings. The molecular weight excluding hydrogens is 224 g/mol. The molecule has 0 N–H and O–H groups in total. The molecule has 0 amide bonds. The van der Waals surface area contributed by atoms with E-state index in [-0.39, 0.29) is 5.97 Å². The van der Waals surface area contributed by atoms with Crippen molar-refractivity contribution >= 4 is 23.6 Å². The predicted octanol–water partition coefficient (Wildman–Crippen LogP) is 3.31. The molecule has 2 rings (SSSR count). The minimum Gasteiger partial charge on any atom is -0.462 e. The number of ether oxygens (including phenoxy) is 1. The summed E-state index contributed by atoms with van der Waals surface area (Å²) in [6.07, 6.45) is 5.56. The molecule has 1 saturated carbocycles. The van der Waals surface area contributed by atoms with E-state index in [1.54, 1.807) is 18.2 Å². The predicted molar refractivity (Wildman–Crippen MR) is 64.2 cm³/mol. The van der Waals surface area contributed by atoms with E-state index in [4.69, 9.17) is 16.3 Å². The van der Waals surface area contributed by atoms with Gasteiger partial charge in [0.25, 0.3) is 0 Å².